The van der Waals surface area contributed by atoms with Gasteiger partial charge in [0.15, 0.2) is 5.82 Å². The third-order valence-electron chi connectivity index (χ3n) is 5.36. The first kappa shape index (κ1) is 17.2. The second-order valence-electron chi connectivity index (χ2n) is 7.80. The number of halogens is 1. The van der Waals surface area contributed by atoms with Crippen molar-refractivity contribution in [3.63, 3.8) is 0 Å². The van der Waals surface area contributed by atoms with Crippen LogP contribution in [0, 0.1) is 17.1 Å². The molecule has 0 saturated carbocycles. The van der Waals surface area contributed by atoms with Gasteiger partial charge in [0.25, 0.3) is 5.91 Å². The number of amides is 1. The van der Waals surface area contributed by atoms with Crippen molar-refractivity contribution in [2.45, 2.75) is 38.1 Å². The smallest absolute Gasteiger partial charge is 0.250 e. The zero-order chi connectivity index (χ0) is 19.4. The average molecular weight is 362 g/mol. The average Bonchev–Trinajstić information content (AvgIpc) is 2.61. The number of nitrogens with zero attached hydrogens (tertiary/aromatic N) is 2. The molecule has 0 saturated heterocycles. The fourth-order valence-corrected chi connectivity index (χ4v) is 4.22. The molecular formula is C21H19FN4O. The monoisotopic (exact) mass is 362 g/mol. The fourth-order valence-electron chi connectivity index (χ4n) is 4.22. The first-order chi connectivity index (χ1) is 12.8. The summed E-state index contributed by atoms with van der Waals surface area (Å²) >= 11 is 0. The summed E-state index contributed by atoms with van der Waals surface area (Å²) in [6.45, 7) is 5.76. The van der Waals surface area contributed by atoms with Gasteiger partial charge in [0.1, 0.15) is 11.9 Å². The van der Waals surface area contributed by atoms with E-state index in [0.29, 0.717) is 23.4 Å². The molecule has 0 radical (unpaired) electrons. The van der Waals surface area contributed by atoms with Gasteiger partial charge in [-0.2, -0.15) is 5.26 Å². The molecule has 4 rings (SSSR count). The molecule has 6 heteroatoms. The first-order valence-corrected chi connectivity index (χ1v) is 8.75. The molecule has 136 valence electrons. The van der Waals surface area contributed by atoms with Gasteiger partial charge in [0.2, 0.25) is 0 Å². The highest BCUT2D eigenvalue weighted by Gasteiger charge is 2.49. The molecule has 0 bridgehead atoms. The second-order valence-corrected chi connectivity index (χ2v) is 7.80. The highest BCUT2D eigenvalue weighted by molar-refractivity contribution is 6.01. The summed E-state index contributed by atoms with van der Waals surface area (Å²) < 4.78 is 14.5. The molecule has 3 heterocycles. The molecule has 0 spiro atoms. The molecule has 1 atom stereocenters. The van der Waals surface area contributed by atoms with Crippen LogP contribution in [0.4, 0.5) is 10.2 Å². The standard InChI is InChI=1S/C21H19FN4O/c1-20(2)9-15-17(19(27)26-20)21(3,12-7-5-4-6-8-12)16-13(10-23)14(22)11-24-18(16)25-15/h4-8,11H,9H2,1-3H3,(H,24,25)(H,26,27). The highest BCUT2D eigenvalue weighted by Crippen LogP contribution is 2.50. The van der Waals surface area contributed by atoms with Crippen LogP contribution in [-0.2, 0) is 10.2 Å². The Hall–Kier alpha value is -3.20. The zero-order valence-electron chi connectivity index (χ0n) is 15.4. The Kier molecular flexibility index (Phi) is 3.60. The number of hydrogen-bond acceptors (Lipinski definition) is 4. The number of pyridine rings is 1. The Morgan fingerprint density at radius 3 is 2.59 bits per heavy atom. The number of hydrogen-bond donors (Lipinski definition) is 2. The zero-order valence-corrected chi connectivity index (χ0v) is 15.4. The van der Waals surface area contributed by atoms with Gasteiger partial charge in [0, 0.05) is 23.2 Å². The minimum absolute atomic E-state index is 0.0944. The minimum Gasteiger partial charge on any atom is -0.347 e. The summed E-state index contributed by atoms with van der Waals surface area (Å²) in [5, 5.41) is 15.9. The molecule has 1 aromatic heterocycles. The Morgan fingerprint density at radius 1 is 1.22 bits per heavy atom. The molecule has 0 aliphatic carbocycles. The number of carbonyl (C=O) groups is 1. The number of aromatic nitrogens is 1. The van der Waals surface area contributed by atoms with E-state index in [-0.39, 0.29) is 11.5 Å². The van der Waals surface area contributed by atoms with Crippen molar-refractivity contribution in [2.24, 2.45) is 0 Å². The molecule has 2 aliphatic heterocycles. The van der Waals surface area contributed by atoms with Crippen molar-refractivity contribution in [1.29, 1.82) is 5.26 Å². The second kappa shape index (κ2) is 5.65. The van der Waals surface area contributed by atoms with E-state index >= 15 is 0 Å². The SMILES string of the molecule is CC1(C)CC2=C(C(=O)N1)C(C)(c1ccccc1)c1c(ncc(F)c1C#N)N2. The van der Waals surface area contributed by atoms with E-state index in [1.165, 1.54) is 0 Å². The minimum atomic E-state index is -1.00. The summed E-state index contributed by atoms with van der Waals surface area (Å²) in [5.41, 5.74) is 0.940. The van der Waals surface area contributed by atoms with Crippen LogP contribution in [-0.4, -0.2) is 16.4 Å². The fraction of sp³-hybridized carbons (Fsp3) is 0.286. The summed E-state index contributed by atoms with van der Waals surface area (Å²) in [7, 11) is 0. The predicted molar refractivity (Wildman–Crippen MR) is 99.3 cm³/mol. The molecule has 2 aromatic rings. The van der Waals surface area contributed by atoms with Crippen LogP contribution in [0.1, 0.15) is 43.9 Å². The third-order valence-corrected chi connectivity index (χ3v) is 5.36. The van der Waals surface area contributed by atoms with Gasteiger partial charge < -0.3 is 10.6 Å². The maximum atomic E-state index is 14.5. The first-order valence-electron chi connectivity index (χ1n) is 8.75. The Bertz CT molecular complexity index is 1040. The van der Waals surface area contributed by atoms with E-state index in [4.69, 9.17) is 0 Å². The molecule has 2 aliphatic rings. The lowest BCUT2D eigenvalue weighted by Gasteiger charge is -2.45. The lowest BCUT2D eigenvalue weighted by molar-refractivity contribution is -0.120. The Balaban J connectivity index is 2.10. The summed E-state index contributed by atoms with van der Waals surface area (Å²) in [4.78, 5) is 17.3. The normalized spacial score (nSPS) is 22.9. The number of nitriles is 1. The number of carbonyl (C=O) groups excluding carboxylic acids is 1. The van der Waals surface area contributed by atoms with E-state index in [9.17, 15) is 14.4 Å². The van der Waals surface area contributed by atoms with Crippen molar-refractivity contribution in [3.8, 4) is 6.07 Å². The van der Waals surface area contributed by atoms with Crippen molar-refractivity contribution in [3.05, 3.63) is 70.3 Å². The molecular weight excluding hydrogens is 343 g/mol. The number of anilines is 1. The largest absolute Gasteiger partial charge is 0.347 e. The Morgan fingerprint density at radius 2 is 1.93 bits per heavy atom. The van der Waals surface area contributed by atoms with Crippen LogP contribution >= 0.6 is 0 Å². The number of nitrogens with one attached hydrogen (secondary N) is 2. The molecule has 27 heavy (non-hydrogen) atoms. The van der Waals surface area contributed by atoms with Crippen molar-refractivity contribution >= 4 is 11.7 Å². The van der Waals surface area contributed by atoms with Crippen LogP contribution in [0.25, 0.3) is 0 Å². The Labute approximate surface area is 156 Å². The van der Waals surface area contributed by atoms with Gasteiger partial charge >= 0.3 is 0 Å². The third kappa shape index (κ3) is 2.42. The van der Waals surface area contributed by atoms with Gasteiger partial charge in [-0.1, -0.05) is 30.3 Å². The van der Waals surface area contributed by atoms with Crippen LogP contribution < -0.4 is 10.6 Å². The van der Waals surface area contributed by atoms with E-state index in [0.717, 1.165) is 17.5 Å². The highest BCUT2D eigenvalue weighted by atomic mass is 19.1. The molecule has 5 nitrogen and oxygen atoms in total. The van der Waals surface area contributed by atoms with Crippen molar-refractivity contribution < 1.29 is 9.18 Å². The van der Waals surface area contributed by atoms with E-state index in [1.807, 2.05) is 57.2 Å². The summed E-state index contributed by atoms with van der Waals surface area (Å²) in [5.74, 6) is -0.497. The summed E-state index contributed by atoms with van der Waals surface area (Å²) in [6, 6.07) is 11.4. The van der Waals surface area contributed by atoms with Gasteiger partial charge in [-0.3, -0.25) is 4.79 Å². The molecule has 0 fully saturated rings. The van der Waals surface area contributed by atoms with E-state index in [1.54, 1.807) is 0 Å². The van der Waals surface area contributed by atoms with Gasteiger partial charge in [-0.25, -0.2) is 9.37 Å². The lowest BCUT2D eigenvalue weighted by Crippen LogP contribution is -2.54. The predicted octanol–water partition coefficient (Wildman–Crippen LogP) is 3.38. The molecule has 1 aromatic carbocycles. The quantitative estimate of drug-likeness (QED) is 0.815. The topological polar surface area (TPSA) is 77.8 Å². The van der Waals surface area contributed by atoms with E-state index in [2.05, 4.69) is 15.6 Å². The number of benzene rings is 1. The lowest BCUT2D eigenvalue weighted by atomic mass is 9.65. The summed E-state index contributed by atoms with van der Waals surface area (Å²) in [6.07, 6.45) is 1.63. The van der Waals surface area contributed by atoms with Crippen LogP contribution in [0.2, 0.25) is 0 Å². The van der Waals surface area contributed by atoms with Crippen LogP contribution in [0.5, 0.6) is 0 Å². The van der Waals surface area contributed by atoms with E-state index < -0.39 is 16.8 Å². The van der Waals surface area contributed by atoms with Crippen LogP contribution in [0.15, 0.2) is 47.8 Å². The van der Waals surface area contributed by atoms with Crippen molar-refractivity contribution in [1.82, 2.24) is 10.3 Å². The van der Waals surface area contributed by atoms with Crippen molar-refractivity contribution in [2.75, 3.05) is 5.32 Å². The van der Waals surface area contributed by atoms with Crippen LogP contribution in [0.3, 0.4) is 0 Å². The molecule has 2 N–H and O–H groups in total. The number of rotatable bonds is 1. The van der Waals surface area contributed by atoms with Gasteiger partial charge in [-0.15, -0.1) is 0 Å². The molecule has 1 unspecified atom stereocenters. The maximum absolute atomic E-state index is 14.5. The maximum Gasteiger partial charge on any atom is 0.250 e. The van der Waals surface area contributed by atoms with Gasteiger partial charge in [0.05, 0.1) is 22.7 Å². The van der Waals surface area contributed by atoms with Gasteiger partial charge in [-0.05, 0) is 26.3 Å². The number of fused-ring (bicyclic) bond motifs is 1. The molecule has 1 amide bonds.